The lowest BCUT2D eigenvalue weighted by Gasteiger charge is -2.26. The predicted octanol–water partition coefficient (Wildman–Crippen LogP) is 4.45. The molecule has 3 rings (SSSR count). The van der Waals surface area contributed by atoms with Crippen LogP contribution in [-0.2, 0) is 0 Å². The number of alkyl halides is 2. The monoisotopic (exact) mass is 256 g/mol. The fourth-order valence-corrected chi connectivity index (χ4v) is 3.09. The van der Waals surface area contributed by atoms with Crippen molar-refractivity contribution >= 4 is 46.4 Å². The van der Waals surface area contributed by atoms with Crippen LogP contribution in [0, 0.1) is 11.8 Å². The van der Waals surface area contributed by atoms with E-state index in [0.717, 1.165) is 12.8 Å². The zero-order valence-corrected chi connectivity index (χ0v) is 9.76. The van der Waals surface area contributed by atoms with Crippen molar-refractivity contribution in [2.75, 3.05) is 0 Å². The van der Waals surface area contributed by atoms with Gasteiger partial charge in [-0.3, -0.25) is 0 Å². The molecule has 0 nitrogen and oxygen atoms in total. The topological polar surface area (TPSA) is 0 Å². The second-order valence-corrected chi connectivity index (χ2v) is 5.63. The first-order chi connectivity index (χ1) is 6.03. The van der Waals surface area contributed by atoms with Gasteiger partial charge < -0.3 is 0 Å². The molecular weight excluding hydrogens is 250 g/mol. The lowest BCUT2D eigenvalue weighted by molar-refractivity contribution is 0.504. The molecule has 0 amide bonds. The lowest BCUT2D eigenvalue weighted by atomic mass is 9.90. The Balaban J connectivity index is 2.52. The quantitative estimate of drug-likeness (QED) is 0.445. The molecule has 0 saturated heterocycles. The first-order valence-corrected chi connectivity index (χ1v) is 5.66. The third-order valence-electron chi connectivity index (χ3n) is 2.66. The van der Waals surface area contributed by atoms with Gasteiger partial charge in [-0.25, -0.2) is 0 Å². The number of rotatable bonds is 0. The zero-order chi connectivity index (χ0) is 9.64. The summed E-state index contributed by atoms with van der Waals surface area (Å²) in [5, 5.41) is 0.998. The van der Waals surface area contributed by atoms with Crippen LogP contribution in [0.15, 0.2) is 22.2 Å². The van der Waals surface area contributed by atoms with Crippen molar-refractivity contribution in [1.82, 2.24) is 0 Å². The maximum atomic E-state index is 6.15. The maximum absolute atomic E-state index is 6.15. The van der Waals surface area contributed by atoms with Crippen LogP contribution in [0.25, 0.3) is 0 Å². The van der Waals surface area contributed by atoms with Crippen molar-refractivity contribution < 1.29 is 0 Å². The fourth-order valence-electron chi connectivity index (χ4n) is 1.82. The van der Waals surface area contributed by atoms with Gasteiger partial charge in [0.25, 0.3) is 0 Å². The largest absolute Gasteiger partial charge is 0.160 e. The summed E-state index contributed by atoms with van der Waals surface area (Å²) < 4.78 is -1.03. The van der Waals surface area contributed by atoms with Crippen molar-refractivity contribution in [2.24, 2.45) is 11.8 Å². The van der Waals surface area contributed by atoms with E-state index in [1.165, 1.54) is 0 Å². The molecule has 0 aromatic rings. The minimum atomic E-state index is -1.03. The van der Waals surface area contributed by atoms with Crippen LogP contribution < -0.4 is 0 Å². The molecule has 4 heteroatoms. The molecule has 0 unspecified atom stereocenters. The Morgan fingerprint density at radius 1 is 1.15 bits per heavy atom. The van der Waals surface area contributed by atoms with Gasteiger partial charge in [0, 0.05) is 16.9 Å². The molecule has 3 aliphatic rings. The van der Waals surface area contributed by atoms with Gasteiger partial charge in [0.05, 0.1) is 5.03 Å². The minimum Gasteiger partial charge on any atom is -0.0946 e. The van der Waals surface area contributed by atoms with Gasteiger partial charge in [0.1, 0.15) is 0 Å². The first kappa shape index (κ1) is 10.2. The van der Waals surface area contributed by atoms with Crippen molar-refractivity contribution in [3.8, 4) is 0 Å². The fraction of sp³-hybridized carbons (Fsp3) is 0.556. The van der Waals surface area contributed by atoms with Gasteiger partial charge in [-0.05, 0) is 12.8 Å². The van der Waals surface area contributed by atoms with Gasteiger partial charge in [-0.1, -0.05) is 58.6 Å². The third kappa shape index (κ3) is 1.52. The Morgan fingerprint density at radius 2 is 1.85 bits per heavy atom. The molecule has 0 aromatic carbocycles. The van der Waals surface area contributed by atoms with Gasteiger partial charge in [-0.15, -0.1) is 0 Å². The third-order valence-corrected chi connectivity index (χ3v) is 4.86. The predicted molar refractivity (Wildman–Crippen MR) is 58.5 cm³/mol. The molecule has 2 bridgehead atoms. The van der Waals surface area contributed by atoms with E-state index in [1.807, 2.05) is 12.2 Å². The van der Waals surface area contributed by atoms with E-state index in [-0.39, 0.29) is 11.8 Å². The molecule has 0 fully saturated rings. The molecule has 0 heterocycles. The molecule has 2 atom stereocenters. The molecule has 0 radical (unpaired) electrons. The van der Waals surface area contributed by atoms with E-state index in [4.69, 9.17) is 46.4 Å². The highest BCUT2D eigenvalue weighted by Crippen LogP contribution is 2.52. The van der Waals surface area contributed by atoms with Crippen LogP contribution in [0.5, 0.6) is 0 Å². The van der Waals surface area contributed by atoms with E-state index >= 15 is 0 Å². The molecule has 72 valence electrons. The second kappa shape index (κ2) is 3.34. The summed E-state index contributed by atoms with van der Waals surface area (Å²) in [6, 6.07) is 0. The Labute approximate surface area is 97.5 Å². The summed E-state index contributed by atoms with van der Waals surface area (Å²) in [6.07, 6.45) is 6.00. The van der Waals surface area contributed by atoms with Crippen LogP contribution in [0.2, 0.25) is 0 Å². The number of halogens is 4. The zero-order valence-electron chi connectivity index (χ0n) is 6.74. The van der Waals surface area contributed by atoms with Gasteiger partial charge >= 0.3 is 0 Å². The summed E-state index contributed by atoms with van der Waals surface area (Å²) in [5.41, 5.74) is 0. The summed E-state index contributed by atoms with van der Waals surface area (Å²) in [5.74, 6) is 0.306. The highest BCUT2D eigenvalue weighted by atomic mass is 35.5. The van der Waals surface area contributed by atoms with E-state index in [1.54, 1.807) is 0 Å². The van der Waals surface area contributed by atoms with Crippen LogP contribution in [0.4, 0.5) is 0 Å². The maximum Gasteiger partial charge on any atom is 0.160 e. The number of hydrogen-bond acceptors (Lipinski definition) is 0. The van der Waals surface area contributed by atoms with E-state index in [2.05, 4.69) is 0 Å². The summed E-state index contributed by atoms with van der Waals surface area (Å²) in [7, 11) is 0. The van der Waals surface area contributed by atoms with Gasteiger partial charge in [0.15, 0.2) is 4.33 Å². The average molecular weight is 258 g/mol. The Morgan fingerprint density at radius 3 is 2.38 bits per heavy atom. The number of hydrogen-bond donors (Lipinski definition) is 0. The van der Waals surface area contributed by atoms with E-state index in [0.29, 0.717) is 10.1 Å². The van der Waals surface area contributed by atoms with Crippen LogP contribution in [0.3, 0.4) is 0 Å². The standard InChI is InChI=1S/C9H8Cl4/c10-7-5-1-3-6(4-2-5)9(12,13)8(7)11/h1,3,5-6H,2,4H2/t5-,6+/m0/s1. The SMILES string of the molecule is ClC1=C(Cl)C(Cl)(Cl)[C@@H]2C=C[C@H]1CC2. The summed E-state index contributed by atoms with van der Waals surface area (Å²) in [6.45, 7) is 0. The molecule has 0 aromatic heterocycles. The Kier molecular flexibility index (Phi) is 2.61. The van der Waals surface area contributed by atoms with Crippen molar-refractivity contribution in [2.45, 2.75) is 17.2 Å². The molecule has 3 aliphatic carbocycles. The molecule has 0 aliphatic heterocycles. The van der Waals surface area contributed by atoms with E-state index < -0.39 is 4.33 Å². The Hall–Kier alpha value is 0.640. The van der Waals surface area contributed by atoms with Crippen LogP contribution >= 0.6 is 46.4 Å². The second-order valence-electron chi connectivity index (χ2n) is 3.46. The molecule has 13 heavy (non-hydrogen) atoms. The van der Waals surface area contributed by atoms with Crippen molar-refractivity contribution in [3.63, 3.8) is 0 Å². The molecule has 0 N–H and O–H groups in total. The van der Waals surface area contributed by atoms with Gasteiger partial charge in [-0.2, -0.15) is 0 Å². The van der Waals surface area contributed by atoms with Crippen LogP contribution in [-0.4, -0.2) is 4.33 Å². The minimum absolute atomic E-state index is 0.0934. The van der Waals surface area contributed by atoms with E-state index in [9.17, 15) is 0 Å². The van der Waals surface area contributed by atoms with Crippen LogP contribution in [0.1, 0.15) is 12.8 Å². The normalized spacial score (nSPS) is 36.6. The van der Waals surface area contributed by atoms with Crippen molar-refractivity contribution in [3.05, 3.63) is 22.2 Å². The summed E-state index contributed by atoms with van der Waals surface area (Å²) >= 11 is 24.4. The molecular formula is C9H8Cl4. The highest BCUT2D eigenvalue weighted by Gasteiger charge is 2.43. The smallest absolute Gasteiger partial charge is 0.0946 e. The average Bonchev–Trinajstić information content (AvgIpc) is 2.25. The molecule has 0 spiro atoms. The molecule has 0 saturated carbocycles. The highest BCUT2D eigenvalue weighted by molar-refractivity contribution is 6.58. The Bertz CT molecular complexity index is 290. The number of allylic oxidation sites excluding steroid dienone is 4. The number of fused-ring (bicyclic) bond motifs is 2. The lowest BCUT2D eigenvalue weighted by Crippen LogP contribution is -2.24. The first-order valence-electron chi connectivity index (χ1n) is 4.15. The summed E-state index contributed by atoms with van der Waals surface area (Å²) in [4.78, 5) is 0. The van der Waals surface area contributed by atoms with Gasteiger partial charge in [0.2, 0.25) is 0 Å². The van der Waals surface area contributed by atoms with Crippen molar-refractivity contribution in [1.29, 1.82) is 0 Å².